The molecule has 0 aromatic rings. The lowest BCUT2D eigenvalue weighted by molar-refractivity contribution is 0.0758. The van der Waals surface area contributed by atoms with Gasteiger partial charge in [0.15, 0.2) is 0 Å². The van der Waals surface area contributed by atoms with Crippen molar-refractivity contribution in [2.75, 3.05) is 32.8 Å². The number of morpholine rings is 1. The molecule has 2 N–H and O–H groups in total. The van der Waals surface area contributed by atoms with E-state index in [4.69, 9.17) is 4.74 Å². The molecule has 1 rings (SSSR count). The molecule has 84 valence electrons. The van der Waals surface area contributed by atoms with Crippen LogP contribution in [0.5, 0.6) is 0 Å². The Kier molecular flexibility index (Phi) is 4.85. The van der Waals surface area contributed by atoms with E-state index in [1.807, 2.05) is 0 Å². The summed E-state index contributed by atoms with van der Waals surface area (Å²) >= 11 is 0. The highest BCUT2D eigenvalue weighted by atomic mass is 16.5. The molecular weight excluding hydrogens is 176 g/mol. The van der Waals surface area contributed by atoms with Gasteiger partial charge in [-0.25, -0.2) is 0 Å². The van der Waals surface area contributed by atoms with Crippen molar-refractivity contribution in [1.29, 1.82) is 0 Å². The average Bonchev–Trinajstić information content (AvgIpc) is 2.19. The minimum Gasteiger partial charge on any atom is -0.378 e. The Morgan fingerprint density at radius 1 is 1.50 bits per heavy atom. The highest BCUT2D eigenvalue weighted by Gasteiger charge is 2.16. The Balaban J connectivity index is 2.08. The number of rotatable bonds is 5. The molecule has 1 fully saturated rings. The van der Waals surface area contributed by atoms with Crippen LogP contribution < -0.4 is 10.6 Å². The van der Waals surface area contributed by atoms with Crippen LogP contribution >= 0.6 is 0 Å². The van der Waals surface area contributed by atoms with Crippen LogP contribution in [-0.2, 0) is 4.74 Å². The van der Waals surface area contributed by atoms with E-state index in [1.165, 1.54) is 6.42 Å². The van der Waals surface area contributed by atoms with Crippen molar-refractivity contribution in [1.82, 2.24) is 10.6 Å². The van der Waals surface area contributed by atoms with Crippen LogP contribution in [0, 0.1) is 5.41 Å². The zero-order chi connectivity index (χ0) is 10.4. The van der Waals surface area contributed by atoms with Crippen molar-refractivity contribution in [2.24, 2.45) is 5.41 Å². The summed E-state index contributed by atoms with van der Waals surface area (Å²) in [4.78, 5) is 0. The first kappa shape index (κ1) is 12.0. The summed E-state index contributed by atoms with van der Waals surface area (Å²) in [6.07, 6.45) is 1.22. The predicted molar refractivity (Wildman–Crippen MR) is 59.6 cm³/mol. The van der Waals surface area contributed by atoms with E-state index in [1.54, 1.807) is 0 Å². The molecule has 1 aliphatic rings. The van der Waals surface area contributed by atoms with E-state index in [2.05, 4.69) is 31.4 Å². The highest BCUT2D eigenvalue weighted by Crippen LogP contribution is 2.17. The van der Waals surface area contributed by atoms with Crippen molar-refractivity contribution in [3.05, 3.63) is 0 Å². The molecule has 1 heterocycles. The molecule has 0 amide bonds. The van der Waals surface area contributed by atoms with Crippen LogP contribution in [0.15, 0.2) is 0 Å². The molecular formula is C11H24N2O. The van der Waals surface area contributed by atoms with Crippen LogP contribution in [0.2, 0.25) is 0 Å². The molecule has 0 radical (unpaired) electrons. The second-order valence-corrected chi connectivity index (χ2v) is 4.87. The SMILES string of the molecule is CCC(C)(C)CNCC1COCCN1. The number of ether oxygens (including phenoxy) is 1. The molecule has 1 unspecified atom stereocenters. The Hall–Kier alpha value is -0.120. The van der Waals surface area contributed by atoms with Gasteiger partial charge in [-0.1, -0.05) is 20.8 Å². The van der Waals surface area contributed by atoms with E-state index in [-0.39, 0.29) is 0 Å². The molecule has 0 aromatic carbocycles. The van der Waals surface area contributed by atoms with Crippen LogP contribution in [-0.4, -0.2) is 38.9 Å². The van der Waals surface area contributed by atoms with Gasteiger partial charge in [-0.2, -0.15) is 0 Å². The third-order valence-electron chi connectivity index (χ3n) is 2.95. The Morgan fingerprint density at radius 2 is 2.29 bits per heavy atom. The van der Waals surface area contributed by atoms with Gasteiger partial charge in [0, 0.05) is 25.7 Å². The molecule has 1 saturated heterocycles. The third kappa shape index (κ3) is 4.40. The monoisotopic (exact) mass is 200 g/mol. The summed E-state index contributed by atoms with van der Waals surface area (Å²) in [5.41, 5.74) is 0.412. The lowest BCUT2D eigenvalue weighted by Gasteiger charge is -2.27. The van der Waals surface area contributed by atoms with Crippen LogP contribution in [0.1, 0.15) is 27.2 Å². The van der Waals surface area contributed by atoms with Crippen molar-refractivity contribution in [2.45, 2.75) is 33.2 Å². The molecule has 0 bridgehead atoms. The standard InChI is InChI=1S/C11H24N2O/c1-4-11(2,3)9-12-7-10-8-14-6-5-13-10/h10,12-13H,4-9H2,1-3H3. The second kappa shape index (κ2) is 5.69. The van der Waals surface area contributed by atoms with Crippen LogP contribution in [0.3, 0.4) is 0 Å². The van der Waals surface area contributed by atoms with Gasteiger partial charge < -0.3 is 15.4 Å². The third-order valence-corrected chi connectivity index (χ3v) is 2.95. The topological polar surface area (TPSA) is 33.3 Å². The number of nitrogens with one attached hydrogen (secondary N) is 2. The van der Waals surface area contributed by atoms with Gasteiger partial charge >= 0.3 is 0 Å². The maximum Gasteiger partial charge on any atom is 0.0632 e. The number of hydrogen-bond acceptors (Lipinski definition) is 3. The minimum atomic E-state index is 0.412. The fourth-order valence-electron chi connectivity index (χ4n) is 1.46. The molecule has 3 nitrogen and oxygen atoms in total. The first-order valence-corrected chi connectivity index (χ1v) is 5.66. The van der Waals surface area contributed by atoms with Crippen molar-refractivity contribution < 1.29 is 4.74 Å². The van der Waals surface area contributed by atoms with Gasteiger partial charge in [0.2, 0.25) is 0 Å². The van der Waals surface area contributed by atoms with Crippen molar-refractivity contribution >= 4 is 0 Å². The van der Waals surface area contributed by atoms with Crippen LogP contribution in [0.4, 0.5) is 0 Å². The van der Waals surface area contributed by atoms with E-state index >= 15 is 0 Å². The Labute approximate surface area is 87.6 Å². The Morgan fingerprint density at radius 3 is 2.86 bits per heavy atom. The van der Waals surface area contributed by atoms with Gasteiger partial charge in [0.05, 0.1) is 13.2 Å². The quantitative estimate of drug-likeness (QED) is 0.694. The van der Waals surface area contributed by atoms with E-state index in [9.17, 15) is 0 Å². The first-order valence-electron chi connectivity index (χ1n) is 5.66. The molecule has 1 aliphatic heterocycles. The van der Waals surface area contributed by atoms with Crippen molar-refractivity contribution in [3.8, 4) is 0 Å². The summed E-state index contributed by atoms with van der Waals surface area (Å²) in [5.74, 6) is 0. The van der Waals surface area contributed by atoms with Gasteiger partial charge in [-0.3, -0.25) is 0 Å². The van der Waals surface area contributed by atoms with Crippen molar-refractivity contribution in [3.63, 3.8) is 0 Å². The van der Waals surface area contributed by atoms with E-state index in [0.717, 1.165) is 32.8 Å². The Bertz CT molecular complexity index is 153. The molecule has 0 saturated carbocycles. The summed E-state index contributed by atoms with van der Waals surface area (Å²) in [7, 11) is 0. The number of hydrogen-bond donors (Lipinski definition) is 2. The highest BCUT2D eigenvalue weighted by molar-refractivity contribution is 4.75. The lowest BCUT2D eigenvalue weighted by atomic mass is 9.90. The fourth-order valence-corrected chi connectivity index (χ4v) is 1.46. The molecule has 0 aromatic heterocycles. The fraction of sp³-hybridized carbons (Fsp3) is 1.00. The molecule has 14 heavy (non-hydrogen) atoms. The largest absolute Gasteiger partial charge is 0.378 e. The maximum absolute atomic E-state index is 5.39. The van der Waals surface area contributed by atoms with Crippen LogP contribution in [0.25, 0.3) is 0 Å². The lowest BCUT2D eigenvalue weighted by Crippen LogP contribution is -2.48. The summed E-state index contributed by atoms with van der Waals surface area (Å²) in [5, 5.41) is 6.94. The van der Waals surface area contributed by atoms with E-state index in [0.29, 0.717) is 11.5 Å². The second-order valence-electron chi connectivity index (χ2n) is 4.87. The molecule has 1 atom stereocenters. The smallest absolute Gasteiger partial charge is 0.0632 e. The zero-order valence-corrected chi connectivity index (χ0v) is 9.73. The van der Waals surface area contributed by atoms with Gasteiger partial charge in [-0.15, -0.1) is 0 Å². The first-order chi connectivity index (χ1) is 6.64. The summed E-state index contributed by atoms with van der Waals surface area (Å²) < 4.78 is 5.39. The summed E-state index contributed by atoms with van der Waals surface area (Å²) in [6, 6.07) is 0.497. The predicted octanol–water partition coefficient (Wildman–Crippen LogP) is 1.00. The van der Waals surface area contributed by atoms with E-state index < -0.39 is 0 Å². The van der Waals surface area contributed by atoms with Gasteiger partial charge in [0.1, 0.15) is 0 Å². The normalized spacial score (nSPS) is 23.8. The zero-order valence-electron chi connectivity index (χ0n) is 9.73. The average molecular weight is 200 g/mol. The summed E-state index contributed by atoms with van der Waals surface area (Å²) in [6.45, 7) is 11.6. The minimum absolute atomic E-state index is 0.412. The van der Waals surface area contributed by atoms with Gasteiger partial charge in [-0.05, 0) is 11.8 Å². The molecule has 0 aliphatic carbocycles. The molecule has 0 spiro atoms. The maximum atomic E-state index is 5.39. The molecule has 3 heteroatoms. The van der Waals surface area contributed by atoms with Gasteiger partial charge in [0.25, 0.3) is 0 Å².